The lowest BCUT2D eigenvalue weighted by Gasteiger charge is -2.39. The van der Waals surface area contributed by atoms with E-state index in [9.17, 15) is 18.0 Å². The van der Waals surface area contributed by atoms with Gasteiger partial charge in [0.25, 0.3) is 11.8 Å². The largest absolute Gasteiger partial charge is 0.343 e. The molecule has 2 heterocycles. The molecule has 1 N–H and O–H groups in total. The Morgan fingerprint density at radius 3 is 2.59 bits per heavy atom. The van der Waals surface area contributed by atoms with E-state index >= 15 is 0 Å². The molecule has 0 atom stereocenters. The molecule has 1 amide bonds. The number of benzene rings is 1. The molecule has 0 radical (unpaired) electrons. The van der Waals surface area contributed by atoms with Gasteiger partial charge in [0.05, 0.1) is 25.5 Å². The molecule has 1 saturated heterocycles. The van der Waals surface area contributed by atoms with Crippen LogP contribution in [0.4, 0.5) is 24.7 Å². The number of alkyl halides is 2. The summed E-state index contributed by atoms with van der Waals surface area (Å²) in [5.74, 6) is -3.44. The normalized spacial score (nSPS) is 16.0. The minimum atomic E-state index is -2.70. The van der Waals surface area contributed by atoms with Crippen LogP contribution in [0.25, 0.3) is 0 Å². The summed E-state index contributed by atoms with van der Waals surface area (Å²) in [6.45, 7) is -0.812. The highest BCUT2D eigenvalue weighted by atomic mass is 19.3. The maximum absolute atomic E-state index is 13.0. The maximum Gasteiger partial charge on any atom is 0.282 e. The zero-order valence-corrected chi connectivity index (χ0v) is 11.3. The second kappa shape index (κ2) is 5.28. The van der Waals surface area contributed by atoms with Crippen LogP contribution in [0.5, 0.6) is 0 Å². The minimum absolute atomic E-state index is 0.0142. The maximum atomic E-state index is 13.0. The number of carbonyl (C=O) groups excluding carboxylic acids is 1. The van der Waals surface area contributed by atoms with Crippen molar-refractivity contribution >= 4 is 17.4 Å². The number of amides is 1. The van der Waals surface area contributed by atoms with Crippen LogP contribution in [0.1, 0.15) is 10.5 Å². The molecule has 114 valence electrons. The number of nitrogens with one attached hydrogen (secondary N) is 1. The van der Waals surface area contributed by atoms with Gasteiger partial charge >= 0.3 is 0 Å². The second-order valence-corrected chi connectivity index (χ2v) is 4.94. The van der Waals surface area contributed by atoms with Crippen molar-refractivity contribution in [2.45, 2.75) is 5.92 Å². The van der Waals surface area contributed by atoms with E-state index in [1.807, 2.05) is 0 Å². The molecule has 3 rings (SSSR count). The molecule has 5 nitrogen and oxygen atoms in total. The predicted molar refractivity (Wildman–Crippen MR) is 73.5 cm³/mol. The Labute approximate surface area is 123 Å². The number of hydrogen-bond acceptors (Lipinski definition) is 4. The van der Waals surface area contributed by atoms with E-state index in [0.29, 0.717) is 5.69 Å². The van der Waals surface area contributed by atoms with Gasteiger partial charge in [-0.25, -0.2) is 23.1 Å². The quantitative estimate of drug-likeness (QED) is 0.945. The molecule has 0 saturated carbocycles. The lowest BCUT2D eigenvalue weighted by molar-refractivity contribution is -0.0267. The molecule has 22 heavy (non-hydrogen) atoms. The Balaban J connectivity index is 1.66. The Bertz CT molecular complexity index is 697. The van der Waals surface area contributed by atoms with Gasteiger partial charge in [-0.3, -0.25) is 4.79 Å². The Hall–Kier alpha value is -2.64. The van der Waals surface area contributed by atoms with Gasteiger partial charge in [-0.05, 0) is 18.2 Å². The van der Waals surface area contributed by atoms with E-state index in [2.05, 4.69) is 15.3 Å². The van der Waals surface area contributed by atoms with Crippen molar-refractivity contribution in [1.29, 1.82) is 0 Å². The molecular weight excluding hydrogens is 297 g/mol. The summed E-state index contributed by atoms with van der Waals surface area (Å²) in [5, 5.41) is 2.47. The topological polar surface area (TPSA) is 58.1 Å². The van der Waals surface area contributed by atoms with Crippen molar-refractivity contribution in [3.05, 3.63) is 48.2 Å². The van der Waals surface area contributed by atoms with Crippen molar-refractivity contribution in [2.24, 2.45) is 0 Å². The number of carbonyl (C=O) groups is 1. The van der Waals surface area contributed by atoms with Crippen LogP contribution in [0, 0.1) is 5.82 Å². The summed E-state index contributed by atoms with van der Waals surface area (Å²) < 4.78 is 38.6. The fourth-order valence-electron chi connectivity index (χ4n) is 2.04. The van der Waals surface area contributed by atoms with Crippen molar-refractivity contribution in [1.82, 2.24) is 9.97 Å². The van der Waals surface area contributed by atoms with Crippen LogP contribution < -0.4 is 10.2 Å². The first-order chi connectivity index (χ1) is 10.4. The molecule has 1 fully saturated rings. The average Bonchev–Trinajstić information content (AvgIpc) is 2.45. The monoisotopic (exact) mass is 308 g/mol. The third kappa shape index (κ3) is 3.00. The van der Waals surface area contributed by atoms with Crippen LogP contribution in [-0.2, 0) is 0 Å². The molecule has 1 aliphatic heterocycles. The van der Waals surface area contributed by atoms with Gasteiger partial charge in [-0.15, -0.1) is 0 Å². The number of nitrogens with zero attached hydrogens (tertiary/aromatic N) is 3. The van der Waals surface area contributed by atoms with Gasteiger partial charge < -0.3 is 10.2 Å². The average molecular weight is 308 g/mol. The van der Waals surface area contributed by atoms with Crippen LogP contribution in [0.15, 0.2) is 36.7 Å². The van der Waals surface area contributed by atoms with Crippen LogP contribution in [0.3, 0.4) is 0 Å². The summed E-state index contributed by atoms with van der Waals surface area (Å²) in [4.78, 5) is 21.1. The van der Waals surface area contributed by atoms with Gasteiger partial charge in [0, 0.05) is 5.69 Å². The summed E-state index contributed by atoms with van der Waals surface area (Å²) in [6, 6.07) is 5.42. The molecular formula is C14H11F3N4O. The Kier molecular flexibility index (Phi) is 3.44. The van der Waals surface area contributed by atoms with E-state index in [-0.39, 0.29) is 11.5 Å². The molecule has 2 aromatic rings. The van der Waals surface area contributed by atoms with E-state index in [4.69, 9.17) is 0 Å². The number of rotatable bonds is 3. The van der Waals surface area contributed by atoms with Crippen molar-refractivity contribution in [3.8, 4) is 0 Å². The van der Waals surface area contributed by atoms with E-state index in [0.717, 1.165) is 0 Å². The molecule has 0 bridgehead atoms. The summed E-state index contributed by atoms with van der Waals surface area (Å²) in [7, 11) is 0. The van der Waals surface area contributed by atoms with Gasteiger partial charge in [0.1, 0.15) is 17.3 Å². The highest BCUT2D eigenvalue weighted by Crippen LogP contribution is 2.29. The molecule has 1 aliphatic rings. The number of hydrogen-bond donors (Lipinski definition) is 1. The van der Waals surface area contributed by atoms with Crippen molar-refractivity contribution < 1.29 is 18.0 Å². The van der Waals surface area contributed by atoms with Crippen LogP contribution in [0.2, 0.25) is 0 Å². The van der Waals surface area contributed by atoms with Gasteiger partial charge in [-0.2, -0.15) is 0 Å². The standard InChI is InChI=1S/C14H11F3N4O/c15-9-2-1-3-10(4-9)20-13(22)11-5-19-12(6-18-11)21-7-14(16,17)8-21/h1-6H,7-8H2,(H,20,22). The molecule has 0 spiro atoms. The fraction of sp³-hybridized carbons (Fsp3) is 0.214. The first-order valence-electron chi connectivity index (χ1n) is 6.45. The molecule has 1 aromatic heterocycles. The van der Waals surface area contributed by atoms with Crippen LogP contribution >= 0.6 is 0 Å². The minimum Gasteiger partial charge on any atom is -0.343 e. The third-order valence-electron chi connectivity index (χ3n) is 3.12. The number of anilines is 2. The van der Waals surface area contributed by atoms with Crippen LogP contribution in [-0.4, -0.2) is 34.9 Å². The molecule has 8 heteroatoms. The molecule has 0 unspecified atom stereocenters. The Morgan fingerprint density at radius 1 is 1.23 bits per heavy atom. The lowest BCUT2D eigenvalue weighted by Crippen LogP contribution is -2.56. The molecule has 0 aliphatic carbocycles. The zero-order valence-electron chi connectivity index (χ0n) is 11.3. The highest BCUT2D eigenvalue weighted by molar-refractivity contribution is 6.02. The zero-order chi connectivity index (χ0) is 15.7. The van der Waals surface area contributed by atoms with E-state index in [1.54, 1.807) is 0 Å². The first kappa shape index (κ1) is 14.3. The second-order valence-electron chi connectivity index (χ2n) is 4.94. The summed E-state index contributed by atoms with van der Waals surface area (Å²) in [6.07, 6.45) is 2.45. The number of aromatic nitrogens is 2. The van der Waals surface area contributed by atoms with E-state index < -0.39 is 30.7 Å². The van der Waals surface area contributed by atoms with Gasteiger partial charge in [0.2, 0.25) is 0 Å². The first-order valence-corrected chi connectivity index (χ1v) is 6.45. The van der Waals surface area contributed by atoms with Gasteiger partial charge in [-0.1, -0.05) is 6.07 Å². The SMILES string of the molecule is O=C(Nc1cccc(F)c1)c1cnc(N2CC(F)(F)C2)cn1. The number of halogens is 3. The Morgan fingerprint density at radius 2 is 2.00 bits per heavy atom. The third-order valence-corrected chi connectivity index (χ3v) is 3.12. The van der Waals surface area contributed by atoms with Crippen molar-refractivity contribution in [3.63, 3.8) is 0 Å². The smallest absolute Gasteiger partial charge is 0.282 e. The highest BCUT2D eigenvalue weighted by Gasteiger charge is 2.44. The molecule has 1 aromatic carbocycles. The predicted octanol–water partition coefficient (Wildman–Crippen LogP) is 2.32. The van der Waals surface area contributed by atoms with Crippen molar-refractivity contribution in [2.75, 3.05) is 23.3 Å². The lowest BCUT2D eigenvalue weighted by atomic mass is 10.1. The summed E-state index contributed by atoms with van der Waals surface area (Å²) in [5.41, 5.74) is 0.304. The summed E-state index contributed by atoms with van der Waals surface area (Å²) >= 11 is 0. The van der Waals surface area contributed by atoms with E-state index in [1.165, 1.54) is 41.6 Å². The van der Waals surface area contributed by atoms with Gasteiger partial charge in [0.15, 0.2) is 0 Å². The fourth-order valence-corrected chi connectivity index (χ4v) is 2.04.